The molecule has 0 amide bonds. The fraction of sp³-hybridized carbons (Fsp3) is 1.00. The maximum atomic E-state index is 8.03. The van der Waals surface area contributed by atoms with Crippen LogP contribution in [-0.2, 0) is 0 Å². The third-order valence-electron chi connectivity index (χ3n) is 9.28. The Labute approximate surface area is 248 Å². The molecular formula is C36H76ClP. The van der Waals surface area contributed by atoms with E-state index in [4.69, 9.17) is 11.2 Å². The summed E-state index contributed by atoms with van der Waals surface area (Å²) >= 11 is 8.03. The summed E-state index contributed by atoms with van der Waals surface area (Å²) in [5, 5.41) is 0. The van der Waals surface area contributed by atoms with Crippen LogP contribution in [0.2, 0.25) is 0 Å². The van der Waals surface area contributed by atoms with Crippen LogP contribution in [0.25, 0.3) is 0 Å². The monoisotopic (exact) mass is 575 g/mol. The molecule has 0 aromatic heterocycles. The Balaban J connectivity index is 4.32. The zero-order chi connectivity index (χ0) is 28.1. The van der Waals surface area contributed by atoms with Gasteiger partial charge in [0.15, 0.2) is 0 Å². The van der Waals surface area contributed by atoms with E-state index < -0.39 is 5.96 Å². The molecule has 0 saturated carbocycles. The summed E-state index contributed by atoms with van der Waals surface area (Å²) < 4.78 is 0. The number of rotatable bonds is 32. The molecule has 0 aromatic carbocycles. The molecule has 38 heavy (non-hydrogen) atoms. The van der Waals surface area contributed by atoms with Crippen LogP contribution in [0, 0.1) is 0 Å². The average Bonchev–Trinajstić information content (AvgIpc) is 2.92. The summed E-state index contributed by atoms with van der Waals surface area (Å²) in [5.41, 5.74) is 0. The molecule has 0 fully saturated rings. The molecule has 0 rings (SSSR count). The Morgan fingerprint density at radius 2 is 0.421 bits per heavy atom. The molecule has 0 spiro atoms. The van der Waals surface area contributed by atoms with E-state index in [0.29, 0.717) is 0 Å². The first-order chi connectivity index (χ1) is 18.5. The van der Waals surface area contributed by atoms with Crippen LogP contribution in [0.4, 0.5) is 0 Å². The van der Waals surface area contributed by atoms with Crippen molar-refractivity contribution in [3.8, 4) is 0 Å². The van der Waals surface area contributed by atoms with E-state index in [2.05, 4.69) is 27.7 Å². The van der Waals surface area contributed by atoms with E-state index in [1.807, 2.05) is 0 Å². The van der Waals surface area contributed by atoms with Gasteiger partial charge in [-0.05, 0) is 0 Å². The molecule has 0 nitrogen and oxygen atoms in total. The van der Waals surface area contributed by atoms with Crippen molar-refractivity contribution in [3.63, 3.8) is 0 Å². The van der Waals surface area contributed by atoms with E-state index in [1.165, 1.54) is 204 Å². The predicted molar refractivity (Wildman–Crippen MR) is 184 cm³/mol. The van der Waals surface area contributed by atoms with E-state index in [-0.39, 0.29) is 0 Å². The van der Waals surface area contributed by atoms with Gasteiger partial charge in [-0.15, -0.1) is 0 Å². The van der Waals surface area contributed by atoms with Crippen LogP contribution in [0.1, 0.15) is 207 Å². The summed E-state index contributed by atoms with van der Waals surface area (Å²) in [6, 6.07) is 0. The molecule has 232 valence electrons. The summed E-state index contributed by atoms with van der Waals surface area (Å²) in [6.07, 6.45) is 45.5. The standard InChI is InChI=1S/C36H76ClP/c1-5-9-13-17-18-19-20-21-22-23-24-25-26-27-28-32-36-38(37,33-29-14-10-6-2,34-30-15-11-7-3)35-31-16-12-8-4/h5-36H2,1-4H3. The van der Waals surface area contributed by atoms with Crippen molar-refractivity contribution in [2.75, 3.05) is 24.6 Å². The van der Waals surface area contributed by atoms with Crippen LogP contribution >= 0.6 is 17.2 Å². The van der Waals surface area contributed by atoms with E-state index in [1.54, 1.807) is 0 Å². The van der Waals surface area contributed by atoms with Gasteiger partial charge in [-0.2, -0.15) is 0 Å². The number of hydrogen-bond acceptors (Lipinski definition) is 0. The molecule has 0 unspecified atom stereocenters. The molecule has 0 radical (unpaired) electrons. The van der Waals surface area contributed by atoms with E-state index in [9.17, 15) is 0 Å². The van der Waals surface area contributed by atoms with Crippen molar-refractivity contribution in [1.29, 1.82) is 0 Å². The van der Waals surface area contributed by atoms with Crippen molar-refractivity contribution in [2.24, 2.45) is 0 Å². The molecule has 0 aliphatic heterocycles. The van der Waals surface area contributed by atoms with Gasteiger partial charge in [-0.25, -0.2) is 0 Å². The average molecular weight is 575 g/mol. The van der Waals surface area contributed by atoms with Gasteiger partial charge in [0.05, 0.1) is 0 Å². The summed E-state index contributed by atoms with van der Waals surface area (Å²) in [7, 11) is 0. The van der Waals surface area contributed by atoms with Crippen LogP contribution in [0.5, 0.6) is 0 Å². The fourth-order valence-corrected chi connectivity index (χ4v) is 13.4. The first-order valence-electron chi connectivity index (χ1n) is 18.3. The second-order valence-corrected chi connectivity index (χ2v) is 21.5. The Kier molecular flexibility index (Phi) is 28.4. The Hall–Kier alpha value is 0.720. The molecule has 0 bridgehead atoms. The number of halogens is 1. The zero-order valence-corrected chi connectivity index (χ0v) is 29.1. The Bertz CT molecular complexity index is 428. The number of hydrogen-bond donors (Lipinski definition) is 0. The van der Waals surface area contributed by atoms with Gasteiger partial charge in [0, 0.05) is 0 Å². The van der Waals surface area contributed by atoms with Crippen molar-refractivity contribution in [2.45, 2.75) is 207 Å². The van der Waals surface area contributed by atoms with Crippen molar-refractivity contribution < 1.29 is 0 Å². The topological polar surface area (TPSA) is 0 Å². The Morgan fingerprint density at radius 1 is 0.263 bits per heavy atom. The summed E-state index contributed by atoms with van der Waals surface area (Å²) in [5.74, 6) is -2.08. The van der Waals surface area contributed by atoms with Gasteiger partial charge in [-0.1, -0.05) is 39.0 Å². The van der Waals surface area contributed by atoms with E-state index in [0.717, 1.165) is 0 Å². The molecular weight excluding hydrogens is 499 g/mol. The van der Waals surface area contributed by atoms with Crippen molar-refractivity contribution in [1.82, 2.24) is 0 Å². The summed E-state index contributed by atoms with van der Waals surface area (Å²) in [6.45, 7) is 9.33. The molecule has 0 saturated heterocycles. The first kappa shape index (κ1) is 38.7. The van der Waals surface area contributed by atoms with Gasteiger partial charge in [0.25, 0.3) is 0 Å². The molecule has 0 atom stereocenters. The normalized spacial score (nSPS) is 13.1. The van der Waals surface area contributed by atoms with E-state index >= 15 is 0 Å². The third-order valence-corrected chi connectivity index (χ3v) is 17.0. The van der Waals surface area contributed by atoms with Crippen LogP contribution in [0.3, 0.4) is 0 Å². The van der Waals surface area contributed by atoms with Crippen molar-refractivity contribution >= 4 is 17.2 Å². The van der Waals surface area contributed by atoms with Gasteiger partial charge < -0.3 is 0 Å². The molecule has 2 heteroatoms. The van der Waals surface area contributed by atoms with Crippen LogP contribution in [-0.4, -0.2) is 24.6 Å². The first-order valence-corrected chi connectivity index (χ1v) is 22.1. The molecule has 0 aliphatic carbocycles. The Morgan fingerprint density at radius 3 is 0.632 bits per heavy atom. The van der Waals surface area contributed by atoms with Crippen LogP contribution in [0.15, 0.2) is 0 Å². The molecule has 0 aliphatic rings. The van der Waals surface area contributed by atoms with Gasteiger partial charge in [-0.3, -0.25) is 0 Å². The number of unbranched alkanes of at least 4 members (excludes halogenated alkanes) is 24. The van der Waals surface area contributed by atoms with Crippen molar-refractivity contribution in [3.05, 3.63) is 0 Å². The second kappa shape index (κ2) is 27.9. The third kappa shape index (κ3) is 23.4. The minimum absolute atomic E-state index is 1.34. The maximum absolute atomic E-state index is 8.03. The second-order valence-electron chi connectivity index (χ2n) is 13.2. The predicted octanol–water partition coefficient (Wildman–Crippen LogP) is 14.7. The fourth-order valence-electron chi connectivity index (χ4n) is 6.53. The molecule has 0 aromatic rings. The molecule has 0 heterocycles. The summed E-state index contributed by atoms with van der Waals surface area (Å²) in [4.78, 5) is 0. The zero-order valence-electron chi connectivity index (χ0n) is 27.5. The quantitative estimate of drug-likeness (QED) is 0.0553. The van der Waals surface area contributed by atoms with Crippen LogP contribution < -0.4 is 0 Å². The minimum atomic E-state index is -2.08. The van der Waals surface area contributed by atoms with Gasteiger partial charge >= 0.3 is 210 Å². The van der Waals surface area contributed by atoms with Gasteiger partial charge in [0.1, 0.15) is 0 Å². The van der Waals surface area contributed by atoms with Gasteiger partial charge in [0.2, 0.25) is 0 Å². The SMILES string of the molecule is CCCCCCCCCCCCCCCCCCP(Cl)(CCCCCC)(CCCCCC)CCCCCC. The molecule has 0 N–H and O–H groups in total.